The van der Waals surface area contributed by atoms with Gasteiger partial charge >= 0.3 is 0 Å². The normalized spacial score (nSPS) is 14.0. The van der Waals surface area contributed by atoms with E-state index in [0.29, 0.717) is 11.1 Å². The Bertz CT molecular complexity index is 846. The Morgan fingerprint density at radius 1 is 1.19 bits per heavy atom. The number of nitro groups is 1. The second-order valence-corrected chi connectivity index (χ2v) is 6.82. The molecule has 0 atom stereocenters. The Labute approximate surface area is 159 Å². The van der Waals surface area contributed by atoms with Crippen molar-refractivity contribution in [2.45, 2.75) is 12.8 Å². The van der Waals surface area contributed by atoms with Crippen molar-refractivity contribution in [2.75, 3.05) is 18.0 Å². The van der Waals surface area contributed by atoms with Gasteiger partial charge in [-0.25, -0.2) is 5.43 Å². The molecule has 0 saturated carbocycles. The van der Waals surface area contributed by atoms with Gasteiger partial charge in [-0.05, 0) is 43.2 Å². The van der Waals surface area contributed by atoms with Gasteiger partial charge < -0.3 is 4.90 Å². The second-order valence-electron chi connectivity index (χ2n) is 5.90. The molecule has 0 unspecified atom stereocenters. The largest absolute Gasteiger partial charge is 0.371 e. The minimum atomic E-state index is -0.439. The molecular formula is C18H17BrN4O3. The Kier molecular flexibility index (Phi) is 5.62. The molecule has 8 heteroatoms. The molecule has 7 nitrogen and oxygen atoms in total. The SMILES string of the molecule is O=C(NN=Cc1cc([N+](=O)[O-])ccc1N1CCCC1)c1ccc(Br)cc1. The van der Waals surface area contributed by atoms with Gasteiger partial charge in [0.1, 0.15) is 0 Å². The number of hydrogen-bond donors (Lipinski definition) is 1. The van der Waals surface area contributed by atoms with E-state index in [9.17, 15) is 14.9 Å². The van der Waals surface area contributed by atoms with Crippen LogP contribution in [0.4, 0.5) is 11.4 Å². The summed E-state index contributed by atoms with van der Waals surface area (Å²) in [7, 11) is 0. The lowest BCUT2D eigenvalue weighted by Crippen LogP contribution is -2.20. The number of halogens is 1. The first kappa shape index (κ1) is 18.1. The van der Waals surface area contributed by atoms with Crippen LogP contribution in [0.2, 0.25) is 0 Å². The Morgan fingerprint density at radius 3 is 2.54 bits per heavy atom. The van der Waals surface area contributed by atoms with Gasteiger partial charge in [0.05, 0.1) is 11.1 Å². The average molecular weight is 417 g/mol. The number of hydrazone groups is 1. The van der Waals surface area contributed by atoms with Crippen LogP contribution in [0.3, 0.4) is 0 Å². The molecule has 26 heavy (non-hydrogen) atoms. The molecule has 3 rings (SSSR count). The van der Waals surface area contributed by atoms with Crippen LogP contribution < -0.4 is 10.3 Å². The summed E-state index contributed by atoms with van der Waals surface area (Å²) in [5, 5.41) is 15.0. The van der Waals surface area contributed by atoms with Gasteiger partial charge in [0.15, 0.2) is 0 Å². The van der Waals surface area contributed by atoms with Crippen LogP contribution in [-0.2, 0) is 0 Å². The topological polar surface area (TPSA) is 87.8 Å². The van der Waals surface area contributed by atoms with Crippen molar-refractivity contribution in [1.29, 1.82) is 0 Å². The van der Waals surface area contributed by atoms with Crippen LogP contribution in [0.1, 0.15) is 28.8 Å². The van der Waals surface area contributed by atoms with Gasteiger partial charge in [-0.3, -0.25) is 14.9 Å². The molecule has 1 aliphatic heterocycles. The second kappa shape index (κ2) is 8.09. The van der Waals surface area contributed by atoms with Crippen molar-refractivity contribution in [3.63, 3.8) is 0 Å². The number of nitrogens with one attached hydrogen (secondary N) is 1. The number of amides is 1. The van der Waals surface area contributed by atoms with Crippen LogP contribution in [0.25, 0.3) is 0 Å². The molecule has 134 valence electrons. The molecule has 1 aliphatic rings. The van der Waals surface area contributed by atoms with E-state index in [-0.39, 0.29) is 11.6 Å². The highest BCUT2D eigenvalue weighted by molar-refractivity contribution is 9.10. The number of hydrogen-bond acceptors (Lipinski definition) is 5. The van der Waals surface area contributed by atoms with Gasteiger partial charge in [-0.2, -0.15) is 5.10 Å². The van der Waals surface area contributed by atoms with Crippen LogP contribution in [-0.4, -0.2) is 30.1 Å². The molecule has 0 bridgehead atoms. The van der Waals surface area contributed by atoms with E-state index in [1.54, 1.807) is 30.3 Å². The maximum Gasteiger partial charge on any atom is 0.271 e. The third-order valence-corrected chi connectivity index (χ3v) is 4.67. The minimum Gasteiger partial charge on any atom is -0.371 e. The summed E-state index contributed by atoms with van der Waals surface area (Å²) in [6.45, 7) is 1.81. The highest BCUT2D eigenvalue weighted by Gasteiger charge is 2.18. The van der Waals surface area contributed by atoms with Gasteiger partial charge in [0, 0.05) is 46.5 Å². The van der Waals surface area contributed by atoms with Crippen molar-refractivity contribution in [2.24, 2.45) is 5.10 Å². The van der Waals surface area contributed by atoms with Crippen LogP contribution in [0.15, 0.2) is 52.0 Å². The van der Waals surface area contributed by atoms with E-state index in [1.807, 2.05) is 0 Å². The number of rotatable bonds is 5. The monoisotopic (exact) mass is 416 g/mol. The van der Waals surface area contributed by atoms with Crippen molar-refractivity contribution >= 4 is 39.4 Å². The number of nitro benzene ring substituents is 1. The molecule has 2 aromatic carbocycles. The summed E-state index contributed by atoms with van der Waals surface area (Å²) in [6, 6.07) is 11.6. The smallest absolute Gasteiger partial charge is 0.271 e. The standard InChI is InChI=1S/C18H17BrN4O3/c19-15-5-3-13(4-6-15)18(24)21-20-12-14-11-16(23(25)26)7-8-17(14)22-9-1-2-10-22/h3-8,11-12H,1-2,9-10H2,(H,21,24). The highest BCUT2D eigenvalue weighted by atomic mass is 79.9. The molecule has 0 aromatic heterocycles. The quantitative estimate of drug-likeness (QED) is 0.456. The average Bonchev–Trinajstić information content (AvgIpc) is 3.16. The van der Waals surface area contributed by atoms with Crippen molar-refractivity contribution in [3.05, 3.63) is 68.2 Å². The third kappa shape index (κ3) is 4.26. The van der Waals surface area contributed by atoms with Gasteiger partial charge in [0.2, 0.25) is 0 Å². The molecule has 1 heterocycles. The number of nitrogens with zero attached hydrogens (tertiary/aromatic N) is 3. The zero-order valence-electron chi connectivity index (χ0n) is 13.9. The maximum atomic E-state index is 12.1. The summed E-state index contributed by atoms with van der Waals surface area (Å²) >= 11 is 3.32. The Morgan fingerprint density at radius 2 is 1.88 bits per heavy atom. The molecule has 0 radical (unpaired) electrons. The molecule has 1 saturated heterocycles. The number of anilines is 1. The Hall–Kier alpha value is -2.74. The fourth-order valence-corrected chi connectivity index (χ4v) is 3.10. The predicted molar refractivity (Wildman–Crippen MR) is 104 cm³/mol. The van der Waals surface area contributed by atoms with E-state index in [0.717, 1.165) is 36.1 Å². The molecule has 1 amide bonds. The number of carbonyl (C=O) groups is 1. The molecule has 1 N–H and O–H groups in total. The lowest BCUT2D eigenvalue weighted by molar-refractivity contribution is -0.384. The molecule has 0 aliphatic carbocycles. The first-order chi connectivity index (χ1) is 12.5. The fourth-order valence-electron chi connectivity index (χ4n) is 2.83. The summed E-state index contributed by atoms with van der Waals surface area (Å²) in [6.07, 6.45) is 3.64. The van der Waals surface area contributed by atoms with Crippen molar-refractivity contribution in [1.82, 2.24) is 5.43 Å². The lowest BCUT2D eigenvalue weighted by atomic mass is 10.1. The van der Waals surface area contributed by atoms with E-state index in [2.05, 4.69) is 31.4 Å². The Balaban J connectivity index is 1.79. The molecular weight excluding hydrogens is 400 g/mol. The molecule has 0 spiro atoms. The third-order valence-electron chi connectivity index (χ3n) is 4.14. The van der Waals surface area contributed by atoms with Crippen molar-refractivity contribution < 1.29 is 9.72 Å². The van der Waals surface area contributed by atoms with E-state index >= 15 is 0 Å². The van der Waals surface area contributed by atoms with Crippen LogP contribution >= 0.6 is 15.9 Å². The fraction of sp³-hybridized carbons (Fsp3) is 0.222. The van der Waals surface area contributed by atoms with Gasteiger partial charge in [-0.15, -0.1) is 0 Å². The van der Waals surface area contributed by atoms with E-state index in [1.165, 1.54) is 18.3 Å². The van der Waals surface area contributed by atoms with Crippen LogP contribution in [0.5, 0.6) is 0 Å². The lowest BCUT2D eigenvalue weighted by Gasteiger charge is -2.19. The zero-order chi connectivity index (χ0) is 18.5. The summed E-state index contributed by atoms with van der Waals surface area (Å²) in [5.74, 6) is -0.345. The summed E-state index contributed by atoms with van der Waals surface area (Å²) in [4.78, 5) is 24.9. The molecule has 1 fully saturated rings. The highest BCUT2D eigenvalue weighted by Crippen LogP contribution is 2.27. The first-order valence-corrected chi connectivity index (χ1v) is 8.96. The maximum absolute atomic E-state index is 12.1. The van der Waals surface area contributed by atoms with Crippen LogP contribution in [0, 0.1) is 10.1 Å². The van der Waals surface area contributed by atoms with Gasteiger partial charge in [0.25, 0.3) is 11.6 Å². The summed E-state index contributed by atoms with van der Waals surface area (Å²) in [5.41, 5.74) is 4.42. The predicted octanol–water partition coefficient (Wildman–Crippen LogP) is 3.72. The van der Waals surface area contributed by atoms with E-state index in [4.69, 9.17) is 0 Å². The van der Waals surface area contributed by atoms with Gasteiger partial charge in [-0.1, -0.05) is 15.9 Å². The molecule has 2 aromatic rings. The number of non-ortho nitro benzene ring substituents is 1. The number of carbonyl (C=O) groups excluding carboxylic acids is 1. The van der Waals surface area contributed by atoms with Crippen molar-refractivity contribution in [3.8, 4) is 0 Å². The summed E-state index contributed by atoms with van der Waals surface area (Å²) < 4.78 is 0.879. The first-order valence-electron chi connectivity index (χ1n) is 8.17. The zero-order valence-corrected chi connectivity index (χ0v) is 15.5. The van der Waals surface area contributed by atoms with E-state index < -0.39 is 4.92 Å². The number of benzene rings is 2. The minimum absolute atomic E-state index is 0.00590.